The Morgan fingerprint density at radius 1 is 1.26 bits per heavy atom. The molecule has 1 saturated heterocycles. The lowest BCUT2D eigenvalue weighted by atomic mass is 10.1. The second-order valence-electron chi connectivity index (χ2n) is 5.35. The standard InChI is InChI=1S/C15H20N4/c1-11-10-19(9-8-18(11)2)14-6-7-17-15-12(14)4-3-5-13(15)16/h3-7,11H,8-10,16H2,1-2H3. The lowest BCUT2D eigenvalue weighted by Crippen LogP contribution is -2.50. The Kier molecular flexibility index (Phi) is 3.03. The summed E-state index contributed by atoms with van der Waals surface area (Å²) in [5.74, 6) is 0. The molecule has 2 N–H and O–H groups in total. The molecule has 2 heterocycles. The first kappa shape index (κ1) is 12.2. The van der Waals surface area contributed by atoms with Crippen molar-refractivity contribution in [1.82, 2.24) is 9.88 Å². The van der Waals surface area contributed by atoms with E-state index in [1.165, 1.54) is 5.69 Å². The summed E-state index contributed by atoms with van der Waals surface area (Å²) in [6, 6.07) is 8.68. The van der Waals surface area contributed by atoms with E-state index in [0.29, 0.717) is 6.04 Å². The molecule has 4 nitrogen and oxygen atoms in total. The Labute approximate surface area is 113 Å². The van der Waals surface area contributed by atoms with Crippen LogP contribution in [0.15, 0.2) is 30.5 Å². The van der Waals surface area contributed by atoms with Gasteiger partial charge in [-0.05, 0) is 26.1 Å². The van der Waals surface area contributed by atoms with Crippen LogP contribution in [0, 0.1) is 0 Å². The number of hydrogen-bond acceptors (Lipinski definition) is 4. The summed E-state index contributed by atoms with van der Waals surface area (Å²) in [7, 11) is 2.19. The Hall–Kier alpha value is -1.81. The fourth-order valence-corrected chi connectivity index (χ4v) is 2.73. The van der Waals surface area contributed by atoms with Crippen molar-refractivity contribution in [2.24, 2.45) is 0 Å². The Morgan fingerprint density at radius 2 is 2.11 bits per heavy atom. The number of rotatable bonds is 1. The summed E-state index contributed by atoms with van der Waals surface area (Å²) < 4.78 is 0. The van der Waals surface area contributed by atoms with E-state index in [4.69, 9.17) is 5.73 Å². The minimum absolute atomic E-state index is 0.568. The molecular formula is C15H20N4. The Bertz CT molecular complexity index is 596. The summed E-state index contributed by atoms with van der Waals surface area (Å²) in [6.07, 6.45) is 1.86. The molecule has 1 aromatic heterocycles. The number of nitrogen functional groups attached to an aromatic ring is 1. The second-order valence-corrected chi connectivity index (χ2v) is 5.35. The molecule has 4 heteroatoms. The third kappa shape index (κ3) is 2.12. The maximum absolute atomic E-state index is 6.01. The van der Waals surface area contributed by atoms with Crippen molar-refractivity contribution in [1.29, 1.82) is 0 Å². The van der Waals surface area contributed by atoms with Crippen molar-refractivity contribution in [2.45, 2.75) is 13.0 Å². The zero-order valence-corrected chi connectivity index (χ0v) is 11.5. The van der Waals surface area contributed by atoms with Crippen LogP contribution in [0.25, 0.3) is 10.9 Å². The first-order valence-corrected chi connectivity index (χ1v) is 6.75. The van der Waals surface area contributed by atoms with Gasteiger partial charge in [0.2, 0.25) is 0 Å². The highest BCUT2D eigenvalue weighted by Gasteiger charge is 2.22. The number of para-hydroxylation sites is 1. The van der Waals surface area contributed by atoms with Gasteiger partial charge >= 0.3 is 0 Å². The van der Waals surface area contributed by atoms with E-state index in [1.54, 1.807) is 0 Å². The molecule has 2 aromatic rings. The number of likely N-dealkylation sites (N-methyl/N-ethyl adjacent to an activating group) is 1. The number of nitrogens with zero attached hydrogens (tertiary/aromatic N) is 3. The first-order chi connectivity index (χ1) is 9.16. The normalized spacial score (nSPS) is 20.9. The number of anilines is 2. The molecule has 0 saturated carbocycles. The van der Waals surface area contributed by atoms with Crippen molar-refractivity contribution >= 4 is 22.3 Å². The van der Waals surface area contributed by atoms with Crippen molar-refractivity contribution in [3.8, 4) is 0 Å². The van der Waals surface area contributed by atoms with Gasteiger partial charge in [-0.25, -0.2) is 0 Å². The van der Waals surface area contributed by atoms with Crippen molar-refractivity contribution in [2.75, 3.05) is 37.3 Å². The van der Waals surface area contributed by atoms with Crippen LogP contribution >= 0.6 is 0 Å². The van der Waals surface area contributed by atoms with Gasteiger partial charge in [0, 0.05) is 42.9 Å². The third-order valence-corrected chi connectivity index (χ3v) is 4.08. The van der Waals surface area contributed by atoms with Crippen LogP contribution in [0.1, 0.15) is 6.92 Å². The van der Waals surface area contributed by atoms with E-state index < -0.39 is 0 Å². The van der Waals surface area contributed by atoms with Crippen LogP contribution in [0.3, 0.4) is 0 Å². The number of piperazine rings is 1. The number of pyridine rings is 1. The van der Waals surface area contributed by atoms with Crippen LogP contribution in [-0.2, 0) is 0 Å². The van der Waals surface area contributed by atoms with E-state index >= 15 is 0 Å². The molecule has 0 spiro atoms. The number of benzene rings is 1. The highest BCUT2D eigenvalue weighted by atomic mass is 15.3. The minimum Gasteiger partial charge on any atom is -0.397 e. The van der Waals surface area contributed by atoms with Crippen molar-refractivity contribution < 1.29 is 0 Å². The van der Waals surface area contributed by atoms with Crippen molar-refractivity contribution in [3.63, 3.8) is 0 Å². The summed E-state index contributed by atoms with van der Waals surface area (Å²) in [6.45, 7) is 5.45. The lowest BCUT2D eigenvalue weighted by molar-refractivity contribution is 0.234. The molecule has 0 bridgehead atoms. The minimum atomic E-state index is 0.568. The van der Waals surface area contributed by atoms with Gasteiger partial charge in [0.1, 0.15) is 0 Å². The zero-order chi connectivity index (χ0) is 13.4. The number of fused-ring (bicyclic) bond motifs is 1. The summed E-state index contributed by atoms with van der Waals surface area (Å²) in [5.41, 5.74) is 8.92. The predicted molar refractivity (Wildman–Crippen MR) is 80.5 cm³/mol. The molecule has 1 atom stereocenters. The molecule has 1 fully saturated rings. The van der Waals surface area contributed by atoms with Crippen LogP contribution in [0.5, 0.6) is 0 Å². The van der Waals surface area contributed by atoms with Crippen LogP contribution in [0.4, 0.5) is 11.4 Å². The fraction of sp³-hybridized carbons (Fsp3) is 0.400. The molecular weight excluding hydrogens is 236 g/mol. The van der Waals surface area contributed by atoms with Gasteiger partial charge in [-0.15, -0.1) is 0 Å². The molecule has 0 radical (unpaired) electrons. The molecule has 1 aliphatic rings. The molecule has 100 valence electrons. The van der Waals surface area contributed by atoms with Gasteiger partial charge in [0.25, 0.3) is 0 Å². The molecule has 1 aromatic carbocycles. The molecule has 3 rings (SSSR count). The second kappa shape index (κ2) is 4.70. The topological polar surface area (TPSA) is 45.4 Å². The van der Waals surface area contributed by atoms with E-state index in [9.17, 15) is 0 Å². The molecule has 19 heavy (non-hydrogen) atoms. The lowest BCUT2D eigenvalue weighted by Gasteiger charge is -2.39. The van der Waals surface area contributed by atoms with E-state index in [2.05, 4.69) is 40.9 Å². The molecule has 0 aliphatic carbocycles. The summed E-state index contributed by atoms with van der Waals surface area (Å²) >= 11 is 0. The average Bonchev–Trinajstić information content (AvgIpc) is 2.42. The van der Waals surface area contributed by atoms with Crippen LogP contribution in [-0.4, -0.2) is 42.6 Å². The van der Waals surface area contributed by atoms with Crippen LogP contribution < -0.4 is 10.6 Å². The fourth-order valence-electron chi connectivity index (χ4n) is 2.73. The first-order valence-electron chi connectivity index (χ1n) is 6.75. The van der Waals surface area contributed by atoms with Crippen molar-refractivity contribution in [3.05, 3.63) is 30.5 Å². The highest BCUT2D eigenvalue weighted by Crippen LogP contribution is 2.29. The summed E-state index contributed by atoms with van der Waals surface area (Å²) in [4.78, 5) is 9.24. The Morgan fingerprint density at radius 3 is 2.89 bits per heavy atom. The third-order valence-electron chi connectivity index (χ3n) is 4.08. The number of nitrogens with two attached hydrogens (primary N) is 1. The van der Waals surface area contributed by atoms with E-state index in [-0.39, 0.29) is 0 Å². The summed E-state index contributed by atoms with van der Waals surface area (Å²) in [5, 5.41) is 1.15. The molecule has 1 aliphatic heterocycles. The number of hydrogen-bond donors (Lipinski definition) is 1. The monoisotopic (exact) mass is 256 g/mol. The van der Waals surface area contributed by atoms with E-state index in [1.807, 2.05) is 18.3 Å². The van der Waals surface area contributed by atoms with Gasteiger partial charge in [0.05, 0.1) is 11.2 Å². The maximum atomic E-state index is 6.01. The smallest absolute Gasteiger partial charge is 0.0951 e. The van der Waals surface area contributed by atoms with Gasteiger partial charge in [-0.3, -0.25) is 4.98 Å². The predicted octanol–water partition coefficient (Wildman–Crippen LogP) is 1.96. The maximum Gasteiger partial charge on any atom is 0.0951 e. The van der Waals surface area contributed by atoms with Crippen LogP contribution in [0.2, 0.25) is 0 Å². The van der Waals surface area contributed by atoms with Gasteiger partial charge in [-0.1, -0.05) is 12.1 Å². The quantitative estimate of drug-likeness (QED) is 0.792. The van der Waals surface area contributed by atoms with Gasteiger partial charge in [-0.2, -0.15) is 0 Å². The number of aromatic nitrogens is 1. The molecule has 0 amide bonds. The average molecular weight is 256 g/mol. The van der Waals surface area contributed by atoms with Gasteiger partial charge < -0.3 is 15.5 Å². The SMILES string of the molecule is CC1CN(c2ccnc3c(N)cccc23)CCN1C. The van der Waals surface area contributed by atoms with Gasteiger partial charge in [0.15, 0.2) is 0 Å². The largest absolute Gasteiger partial charge is 0.397 e. The highest BCUT2D eigenvalue weighted by molar-refractivity contribution is 5.98. The van der Waals surface area contributed by atoms with E-state index in [0.717, 1.165) is 36.2 Å². The Balaban J connectivity index is 2.04. The molecule has 1 unspecified atom stereocenters. The zero-order valence-electron chi connectivity index (χ0n) is 11.5.